The van der Waals surface area contributed by atoms with Crippen molar-refractivity contribution in [2.45, 2.75) is 33.2 Å². The summed E-state index contributed by atoms with van der Waals surface area (Å²) in [5.74, 6) is 0.897. The Morgan fingerprint density at radius 3 is 1.90 bits per heavy atom. The van der Waals surface area contributed by atoms with E-state index in [9.17, 15) is 0 Å². The van der Waals surface area contributed by atoms with Gasteiger partial charge in [0.05, 0.1) is 19.3 Å². The third kappa shape index (κ3) is 5.09. The molecule has 0 bridgehead atoms. The maximum atomic E-state index is 5.73. The van der Waals surface area contributed by atoms with Crippen molar-refractivity contribution in [1.29, 1.82) is 0 Å². The van der Waals surface area contributed by atoms with E-state index in [-0.39, 0.29) is 6.10 Å². The SMILES string of the molecule is C=Cc1ccc(COCc2ccc(OC(C)C)cc2)cc1. The molecule has 0 aromatic heterocycles. The average molecular weight is 282 g/mol. The molecule has 0 atom stereocenters. The summed E-state index contributed by atoms with van der Waals surface area (Å²) in [6.45, 7) is 9.01. The molecule has 0 amide bonds. The fourth-order valence-electron chi connectivity index (χ4n) is 1.97. The second kappa shape index (κ2) is 7.65. The fourth-order valence-corrected chi connectivity index (χ4v) is 1.97. The van der Waals surface area contributed by atoms with Crippen molar-refractivity contribution in [3.63, 3.8) is 0 Å². The average Bonchev–Trinajstić information content (AvgIpc) is 2.49. The van der Waals surface area contributed by atoms with Gasteiger partial charge in [-0.1, -0.05) is 49.1 Å². The van der Waals surface area contributed by atoms with Gasteiger partial charge in [-0.3, -0.25) is 0 Å². The molecule has 0 aliphatic heterocycles. The molecule has 0 saturated carbocycles. The molecule has 21 heavy (non-hydrogen) atoms. The molecule has 0 aliphatic rings. The van der Waals surface area contributed by atoms with E-state index in [4.69, 9.17) is 9.47 Å². The molecule has 0 aliphatic carbocycles. The van der Waals surface area contributed by atoms with Crippen LogP contribution in [0.3, 0.4) is 0 Å². The van der Waals surface area contributed by atoms with Gasteiger partial charge in [0.1, 0.15) is 5.75 Å². The molecule has 0 unspecified atom stereocenters. The number of hydrogen-bond acceptors (Lipinski definition) is 2. The monoisotopic (exact) mass is 282 g/mol. The van der Waals surface area contributed by atoms with Crippen molar-refractivity contribution in [1.82, 2.24) is 0 Å². The van der Waals surface area contributed by atoms with Gasteiger partial charge in [0, 0.05) is 0 Å². The third-order valence-electron chi connectivity index (χ3n) is 3.05. The lowest BCUT2D eigenvalue weighted by atomic mass is 10.1. The maximum absolute atomic E-state index is 5.73. The van der Waals surface area contributed by atoms with Crippen molar-refractivity contribution in [2.75, 3.05) is 0 Å². The predicted molar refractivity (Wildman–Crippen MR) is 87.2 cm³/mol. The minimum absolute atomic E-state index is 0.200. The highest BCUT2D eigenvalue weighted by atomic mass is 16.5. The van der Waals surface area contributed by atoms with E-state index in [0.717, 1.165) is 16.9 Å². The van der Waals surface area contributed by atoms with Crippen LogP contribution in [0.5, 0.6) is 5.75 Å². The van der Waals surface area contributed by atoms with Crippen molar-refractivity contribution < 1.29 is 9.47 Å². The van der Waals surface area contributed by atoms with Crippen molar-refractivity contribution in [3.05, 3.63) is 71.8 Å². The van der Waals surface area contributed by atoms with Crippen LogP contribution >= 0.6 is 0 Å². The Hall–Kier alpha value is -2.06. The van der Waals surface area contributed by atoms with Gasteiger partial charge in [-0.25, -0.2) is 0 Å². The predicted octanol–water partition coefficient (Wildman–Crippen LogP) is 4.83. The molecular formula is C19H22O2. The summed E-state index contributed by atoms with van der Waals surface area (Å²) in [6.07, 6.45) is 2.04. The van der Waals surface area contributed by atoms with Crippen LogP contribution in [0, 0.1) is 0 Å². The molecule has 0 spiro atoms. The van der Waals surface area contributed by atoms with E-state index in [1.54, 1.807) is 0 Å². The standard InChI is InChI=1S/C19H22O2/c1-4-16-5-7-17(8-6-16)13-20-14-18-9-11-19(12-10-18)21-15(2)3/h4-12,15H,1,13-14H2,2-3H3. The molecule has 2 rings (SSSR count). The van der Waals surface area contributed by atoms with Gasteiger partial charge < -0.3 is 9.47 Å². The minimum atomic E-state index is 0.200. The van der Waals surface area contributed by atoms with E-state index in [2.05, 4.69) is 18.7 Å². The zero-order chi connectivity index (χ0) is 15.1. The molecule has 2 heteroatoms. The molecule has 2 aromatic carbocycles. The largest absolute Gasteiger partial charge is 0.491 e. The Kier molecular flexibility index (Phi) is 5.59. The first-order valence-corrected chi connectivity index (χ1v) is 7.22. The third-order valence-corrected chi connectivity index (χ3v) is 3.05. The molecule has 110 valence electrons. The maximum Gasteiger partial charge on any atom is 0.119 e. The number of hydrogen-bond donors (Lipinski definition) is 0. The zero-order valence-corrected chi connectivity index (χ0v) is 12.7. The Morgan fingerprint density at radius 1 is 0.905 bits per heavy atom. The molecule has 2 aromatic rings. The van der Waals surface area contributed by atoms with Gasteiger partial charge in [-0.2, -0.15) is 0 Å². The topological polar surface area (TPSA) is 18.5 Å². The highest BCUT2D eigenvalue weighted by Crippen LogP contribution is 2.15. The van der Waals surface area contributed by atoms with Crippen molar-refractivity contribution >= 4 is 6.08 Å². The van der Waals surface area contributed by atoms with Crippen LogP contribution in [0.4, 0.5) is 0 Å². The Bertz CT molecular complexity index is 553. The summed E-state index contributed by atoms with van der Waals surface area (Å²) in [6, 6.07) is 16.3. The Balaban J connectivity index is 1.81. The lowest BCUT2D eigenvalue weighted by molar-refractivity contribution is 0.107. The van der Waals surface area contributed by atoms with Crippen LogP contribution in [0.2, 0.25) is 0 Å². The molecule has 0 heterocycles. The quantitative estimate of drug-likeness (QED) is 0.724. The highest BCUT2D eigenvalue weighted by Gasteiger charge is 1.99. The van der Waals surface area contributed by atoms with Crippen LogP contribution in [-0.4, -0.2) is 6.10 Å². The van der Waals surface area contributed by atoms with Gasteiger partial charge in [0.25, 0.3) is 0 Å². The van der Waals surface area contributed by atoms with E-state index < -0.39 is 0 Å². The second-order valence-electron chi connectivity index (χ2n) is 5.25. The first-order valence-electron chi connectivity index (χ1n) is 7.22. The molecule has 0 N–H and O–H groups in total. The minimum Gasteiger partial charge on any atom is -0.491 e. The Morgan fingerprint density at radius 2 is 1.43 bits per heavy atom. The van der Waals surface area contributed by atoms with Crippen molar-refractivity contribution in [2.24, 2.45) is 0 Å². The van der Waals surface area contributed by atoms with E-state index in [1.807, 2.05) is 56.3 Å². The summed E-state index contributed by atoms with van der Waals surface area (Å²) in [7, 11) is 0. The van der Waals surface area contributed by atoms with Crippen LogP contribution in [-0.2, 0) is 18.0 Å². The van der Waals surface area contributed by atoms with Crippen molar-refractivity contribution in [3.8, 4) is 5.75 Å². The first-order chi connectivity index (χ1) is 10.2. The lowest BCUT2D eigenvalue weighted by Crippen LogP contribution is -2.05. The van der Waals surface area contributed by atoms with E-state index in [0.29, 0.717) is 13.2 Å². The smallest absolute Gasteiger partial charge is 0.119 e. The van der Waals surface area contributed by atoms with Gasteiger partial charge >= 0.3 is 0 Å². The number of benzene rings is 2. The van der Waals surface area contributed by atoms with Crippen LogP contribution < -0.4 is 4.74 Å². The lowest BCUT2D eigenvalue weighted by Gasteiger charge is -2.10. The summed E-state index contributed by atoms with van der Waals surface area (Å²) < 4.78 is 11.3. The molecule has 0 saturated heterocycles. The van der Waals surface area contributed by atoms with E-state index >= 15 is 0 Å². The van der Waals surface area contributed by atoms with Gasteiger partial charge in [-0.15, -0.1) is 0 Å². The van der Waals surface area contributed by atoms with Crippen LogP contribution in [0.1, 0.15) is 30.5 Å². The Labute approximate surface area is 127 Å². The zero-order valence-electron chi connectivity index (χ0n) is 12.7. The fraction of sp³-hybridized carbons (Fsp3) is 0.263. The highest BCUT2D eigenvalue weighted by molar-refractivity contribution is 5.47. The summed E-state index contributed by atoms with van der Waals surface area (Å²) in [5, 5.41) is 0. The summed E-state index contributed by atoms with van der Waals surface area (Å²) >= 11 is 0. The first kappa shape index (κ1) is 15.3. The second-order valence-corrected chi connectivity index (χ2v) is 5.25. The summed E-state index contributed by atoms with van der Waals surface area (Å²) in [5.41, 5.74) is 3.44. The van der Waals surface area contributed by atoms with E-state index in [1.165, 1.54) is 5.56 Å². The molecule has 2 nitrogen and oxygen atoms in total. The summed E-state index contributed by atoms with van der Waals surface area (Å²) in [4.78, 5) is 0. The van der Waals surface area contributed by atoms with Gasteiger partial charge in [0.15, 0.2) is 0 Å². The van der Waals surface area contributed by atoms with Gasteiger partial charge in [-0.05, 0) is 42.7 Å². The molecular weight excluding hydrogens is 260 g/mol. The normalized spacial score (nSPS) is 10.6. The van der Waals surface area contributed by atoms with Crippen LogP contribution in [0.15, 0.2) is 55.1 Å². The van der Waals surface area contributed by atoms with Gasteiger partial charge in [0.2, 0.25) is 0 Å². The number of ether oxygens (including phenoxy) is 2. The number of rotatable bonds is 7. The molecule has 0 fully saturated rings. The van der Waals surface area contributed by atoms with Crippen LogP contribution in [0.25, 0.3) is 6.08 Å². The molecule has 0 radical (unpaired) electrons.